The molecule has 2 aromatic carbocycles. The molecular formula is C20H20N2O3S. The summed E-state index contributed by atoms with van der Waals surface area (Å²) in [4.78, 5) is 12.2. The van der Waals surface area contributed by atoms with Crippen LogP contribution >= 0.6 is 0 Å². The van der Waals surface area contributed by atoms with Crippen LogP contribution in [0.5, 0.6) is 0 Å². The standard InChI is InChI=1S/C20H20N2O3S/c1-21(2)26(24,25)19-12-13-20(23)22(15-19)14-16-8-10-18(11-9-16)17-6-4-3-5-7-17/h3-13,15H,14H2,1-2H3. The van der Waals surface area contributed by atoms with Crippen molar-refractivity contribution in [2.24, 2.45) is 0 Å². The lowest BCUT2D eigenvalue weighted by Gasteiger charge is -2.13. The highest BCUT2D eigenvalue weighted by Crippen LogP contribution is 2.19. The number of hydrogen-bond acceptors (Lipinski definition) is 3. The van der Waals surface area contributed by atoms with E-state index in [1.165, 1.54) is 37.0 Å². The van der Waals surface area contributed by atoms with Crippen LogP contribution in [0.25, 0.3) is 11.1 Å². The van der Waals surface area contributed by atoms with Gasteiger partial charge in [0.1, 0.15) is 0 Å². The second-order valence-electron chi connectivity index (χ2n) is 6.18. The third-order valence-corrected chi connectivity index (χ3v) is 5.95. The second kappa shape index (κ2) is 7.27. The Bertz CT molecular complexity index is 1050. The van der Waals surface area contributed by atoms with E-state index >= 15 is 0 Å². The van der Waals surface area contributed by atoms with Gasteiger partial charge in [0.25, 0.3) is 5.56 Å². The quantitative estimate of drug-likeness (QED) is 0.696. The van der Waals surface area contributed by atoms with E-state index in [4.69, 9.17) is 0 Å². The predicted octanol–water partition coefficient (Wildman–Crippen LogP) is 2.81. The fraction of sp³-hybridized carbons (Fsp3) is 0.150. The first-order valence-electron chi connectivity index (χ1n) is 8.15. The zero-order valence-electron chi connectivity index (χ0n) is 14.7. The Hall–Kier alpha value is -2.70. The van der Waals surface area contributed by atoms with Crippen molar-refractivity contribution in [3.05, 3.63) is 88.8 Å². The van der Waals surface area contributed by atoms with Crippen molar-refractivity contribution in [1.82, 2.24) is 8.87 Å². The lowest BCUT2D eigenvalue weighted by atomic mass is 10.0. The van der Waals surface area contributed by atoms with E-state index in [1.807, 2.05) is 54.6 Å². The molecule has 134 valence electrons. The second-order valence-corrected chi connectivity index (χ2v) is 8.33. The molecule has 0 aliphatic carbocycles. The van der Waals surface area contributed by atoms with E-state index in [1.54, 1.807) is 0 Å². The summed E-state index contributed by atoms with van der Waals surface area (Å²) in [5, 5.41) is 0. The summed E-state index contributed by atoms with van der Waals surface area (Å²) in [5.74, 6) is 0. The molecule has 0 atom stereocenters. The number of aromatic nitrogens is 1. The van der Waals surface area contributed by atoms with Crippen LogP contribution in [-0.4, -0.2) is 31.4 Å². The van der Waals surface area contributed by atoms with E-state index in [2.05, 4.69) is 0 Å². The van der Waals surface area contributed by atoms with Crippen molar-refractivity contribution in [3.63, 3.8) is 0 Å². The van der Waals surface area contributed by atoms with E-state index in [0.29, 0.717) is 6.54 Å². The van der Waals surface area contributed by atoms with Crippen LogP contribution in [-0.2, 0) is 16.6 Å². The molecule has 3 rings (SSSR count). The van der Waals surface area contributed by atoms with Gasteiger partial charge in [-0.2, -0.15) is 0 Å². The summed E-state index contributed by atoms with van der Waals surface area (Å²) in [6.45, 7) is 0.310. The molecule has 0 fully saturated rings. The van der Waals surface area contributed by atoms with Gasteiger partial charge < -0.3 is 4.57 Å². The first kappa shape index (κ1) is 18.1. The first-order chi connectivity index (χ1) is 12.4. The van der Waals surface area contributed by atoms with Crippen molar-refractivity contribution in [2.75, 3.05) is 14.1 Å². The number of hydrogen-bond donors (Lipinski definition) is 0. The average Bonchev–Trinajstić information content (AvgIpc) is 2.64. The van der Waals surface area contributed by atoms with Gasteiger partial charge in [0.05, 0.1) is 11.4 Å². The smallest absolute Gasteiger partial charge is 0.250 e. The van der Waals surface area contributed by atoms with Gasteiger partial charge in [0.15, 0.2) is 0 Å². The molecule has 0 saturated heterocycles. The monoisotopic (exact) mass is 368 g/mol. The molecule has 26 heavy (non-hydrogen) atoms. The predicted molar refractivity (Wildman–Crippen MR) is 103 cm³/mol. The molecular weight excluding hydrogens is 348 g/mol. The maximum absolute atomic E-state index is 12.3. The van der Waals surface area contributed by atoms with Gasteiger partial charge in [-0.25, -0.2) is 12.7 Å². The molecule has 0 amide bonds. The molecule has 0 spiro atoms. The summed E-state index contributed by atoms with van der Waals surface area (Å²) in [6, 6.07) is 20.5. The number of nitrogens with zero attached hydrogens (tertiary/aromatic N) is 2. The summed E-state index contributed by atoms with van der Waals surface area (Å²) in [7, 11) is -0.647. The minimum Gasteiger partial charge on any atom is -0.310 e. The molecule has 0 saturated carbocycles. The van der Waals surface area contributed by atoms with Gasteiger partial charge in [0, 0.05) is 26.4 Å². The molecule has 0 aliphatic heterocycles. The molecule has 0 aliphatic rings. The Labute approximate surface area is 153 Å². The van der Waals surface area contributed by atoms with Gasteiger partial charge in [-0.1, -0.05) is 54.6 Å². The van der Waals surface area contributed by atoms with Gasteiger partial charge in [0.2, 0.25) is 10.0 Å². The normalized spacial score (nSPS) is 11.7. The van der Waals surface area contributed by atoms with Gasteiger partial charge in [-0.3, -0.25) is 4.79 Å². The van der Waals surface area contributed by atoms with Crippen LogP contribution in [0, 0.1) is 0 Å². The van der Waals surface area contributed by atoms with Crippen LogP contribution in [0.15, 0.2) is 82.6 Å². The topological polar surface area (TPSA) is 59.4 Å². The van der Waals surface area contributed by atoms with E-state index in [0.717, 1.165) is 21.0 Å². The minimum absolute atomic E-state index is 0.100. The highest BCUT2D eigenvalue weighted by Gasteiger charge is 2.18. The van der Waals surface area contributed by atoms with Crippen LogP contribution < -0.4 is 5.56 Å². The van der Waals surface area contributed by atoms with Crippen molar-refractivity contribution in [2.45, 2.75) is 11.4 Å². The Morgan fingerprint density at radius 3 is 2.08 bits per heavy atom. The zero-order chi connectivity index (χ0) is 18.7. The van der Waals surface area contributed by atoms with E-state index in [-0.39, 0.29) is 10.5 Å². The first-order valence-corrected chi connectivity index (χ1v) is 9.59. The minimum atomic E-state index is -3.58. The molecule has 3 aromatic rings. The fourth-order valence-corrected chi connectivity index (χ4v) is 3.55. The van der Waals surface area contributed by atoms with Gasteiger partial charge in [-0.05, 0) is 22.8 Å². The molecule has 5 nitrogen and oxygen atoms in total. The number of benzene rings is 2. The number of pyridine rings is 1. The Kier molecular flexibility index (Phi) is 5.06. The largest absolute Gasteiger partial charge is 0.310 e. The molecule has 1 aromatic heterocycles. The Balaban J connectivity index is 1.88. The Morgan fingerprint density at radius 2 is 1.46 bits per heavy atom. The van der Waals surface area contributed by atoms with Crippen LogP contribution in [0.2, 0.25) is 0 Å². The lowest BCUT2D eigenvalue weighted by molar-refractivity contribution is 0.519. The molecule has 6 heteroatoms. The summed E-state index contributed by atoms with van der Waals surface area (Å²) >= 11 is 0. The zero-order valence-corrected chi connectivity index (χ0v) is 15.5. The van der Waals surface area contributed by atoms with Gasteiger partial charge in [-0.15, -0.1) is 0 Å². The van der Waals surface area contributed by atoms with Crippen molar-refractivity contribution >= 4 is 10.0 Å². The van der Waals surface area contributed by atoms with Crippen LogP contribution in [0.1, 0.15) is 5.56 Å². The summed E-state index contributed by atoms with van der Waals surface area (Å²) in [5.41, 5.74) is 2.89. The average molecular weight is 368 g/mol. The maximum Gasteiger partial charge on any atom is 0.250 e. The van der Waals surface area contributed by atoms with E-state index < -0.39 is 10.0 Å². The molecule has 0 unspecified atom stereocenters. The van der Waals surface area contributed by atoms with Crippen molar-refractivity contribution < 1.29 is 8.42 Å². The molecule has 1 heterocycles. The van der Waals surface area contributed by atoms with Crippen LogP contribution in [0.3, 0.4) is 0 Å². The molecule has 0 bridgehead atoms. The Morgan fingerprint density at radius 1 is 0.846 bits per heavy atom. The number of sulfonamides is 1. The van der Waals surface area contributed by atoms with Crippen LogP contribution in [0.4, 0.5) is 0 Å². The summed E-state index contributed by atoms with van der Waals surface area (Å²) in [6.07, 6.45) is 1.39. The highest BCUT2D eigenvalue weighted by molar-refractivity contribution is 7.89. The highest BCUT2D eigenvalue weighted by atomic mass is 32.2. The molecule has 0 N–H and O–H groups in total. The SMILES string of the molecule is CN(C)S(=O)(=O)c1ccc(=O)n(Cc2ccc(-c3ccccc3)cc2)c1. The summed E-state index contributed by atoms with van der Waals surface area (Å²) < 4.78 is 27.1. The third-order valence-electron chi connectivity index (χ3n) is 4.15. The van der Waals surface area contributed by atoms with Crippen molar-refractivity contribution in [1.29, 1.82) is 0 Å². The van der Waals surface area contributed by atoms with E-state index in [9.17, 15) is 13.2 Å². The molecule has 0 radical (unpaired) electrons. The number of rotatable bonds is 5. The van der Waals surface area contributed by atoms with Crippen molar-refractivity contribution in [3.8, 4) is 11.1 Å². The fourth-order valence-electron chi connectivity index (χ4n) is 2.63. The maximum atomic E-state index is 12.3. The third kappa shape index (κ3) is 3.76. The lowest BCUT2D eigenvalue weighted by Crippen LogP contribution is -2.26. The van der Waals surface area contributed by atoms with Gasteiger partial charge >= 0.3 is 0 Å².